The quantitative estimate of drug-likeness (QED) is 0.704. The van der Waals surface area contributed by atoms with Gasteiger partial charge in [-0.2, -0.15) is 8.78 Å². The molecule has 2 aromatic carbocycles. The highest BCUT2D eigenvalue weighted by atomic mass is 19.3. The number of rotatable bonds is 7. The molecule has 0 saturated heterocycles. The monoisotopic (exact) mass is 359 g/mol. The molecule has 0 atom stereocenters. The summed E-state index contributed by atoms with van der Waals surface area (Å²) in [5, 5.41) is 2.87. The number of para-hydroxylation sites is 2. The van der Waals surface area contributed by atoms with E-state index in [2.05, 4.69) is 19.6 Å². The molecule has 0 aliphatic rings. The van der Waals surface area contributed by atoms with Crippen molar-refractivity contribution in [2.45, 2.75) is 26.5 Å². The van der Waals surface area contributed by atoms with Crippen LogP contribution in [0.25, 0.3) is 11.0 Å². The Morgan fingerprint density at radius 2 is 1.92 bits per heavy atom. The molecule has 5 nitrogen and oxygen atoms in total. The standard InChI is InChI=1S/C19H19F2N3O2/c1-13-23-16-4-2-3-5-17(16)24(13)11-10-22-18(25)12-14-6-8-15(9-7-14)26-19(20)21/h2-9,19H,10-12H2,1H3,(H,22,25). The van der Waals surface area contributed by atoms with Crippen LogP contribution in [0, 0.1) is 6.92 Å². The van der Waals surface area contributed by atoms with Gasteiger partial charge >= 0.3 is 6.61 Å². The summed E-state index contributed by atoms with van der Waals surface area (Å²) in [6.07, 6.45) is 0.179. The molecule has 3 rings (SSSR count). The van der Waals surface area contributed by atoms with E-state index in [-0.39, 0.29) is 18.1 Å². The predicted molar refractivity (Wildman–Crippen MR) is 94.3 cm³/mol. The van der Waals surface area contributed by atoms with Crippen LogP contribution in [0.3, 0.4) is 0 Å². The van der Waals surface area contributed by atoms with Gasteiger partial charge in [0.05, 0.1) is 17.5 Å². The van der Waals surface area contributed by atoms with E-state index < -0.39 is 6.61 Å². The molecule has 26 heavy (non-hydrogen) atoms. The zero-order valence-corrected chi connectivity index (χ0v) is 14.3. The second-order valence-corrected chi connectivity index (χ2v) is 5.85. The number of fused-ring (bicyclic) bond motifs is 1. The summed E-state index contributed by atoms with van der Waals surface area (Å²) in [4.78, 5) is 16.6. The summed E-state index contributed by atoms with van der Waals surface area (Å²) >= 11 is 0. The van der Waals surface area contributed by atoms with Crippen LogP contribution in [0.1, 0.15) is 11.4 Å². The van der Waals surface area contributed by atoms with E-state index in [0.29, 0.717) is 13.1 Å². The Balaban J connectivity index is 1.52. The summed E-state index contributed by atoms with van der Waals surface area (Å²) in [6.45, 7) is 0.184. The molecular formula is C19H19F2N3O2. The van der Waals surface area contributed by atoms with E-state index >= 15 is 0 Å². The highest BCUT2D eigenvalue weighted by Crippen LogP contribution is 2.16. The molecule has 1 amide bonds. The number of ether oxygens (including phenoxy) is 1. The summed E-state index contributed by atoms with van der Waals surface area (Å²) in [5.74, 6) is 0.844. The van der Waals surface area contributed by atoms with Gasteiger partial charge in [0.15, 0.2) is 0 Å². The SMILES string of the molecule is Cc1nc2ccccc2n1CCNC(=O)Cc1ccc(OC(F)F)cc1. The van der Waals surface area contributed by atoms with Crippen LogP contribution in [0.2, 0.25) is 0 Å². The van der Waals surface area contributed by atoms with Crippen LogP contribution in [0.4, 0.5) is 8.78 Å². The minimum atomic E-state index is -2.85. The second kappa shape index (κ2) is 7.95. The van der Waals surface area contributed by atoms with E-state index in [1.165, 1.54) is 12.1 Å². The maximum atomic E-state index is 12.1. The van der Waals surface area contributed by atoms with Crippen LogP contribution in [-0.4, -0.2) is 28.6 Å². The van der Waals surface area contributed by atoms with Crippen molar-refractivity contribution in [2.75, 3.05) is 6.54 Å². The first-order chi connectivity index (χ1) is 12.5. The molecule has 3 aromatic rings. The average molecular weight is 359 g/mol. The van der Waals surface area contributed by atoms with Crippen molar-refractivity contribution < 1.29 is 18.3 Å². The minimum absolute atomic E-state index is 0.0756. The Morgan fingerprint density at radius 1 is 1.19 bits per heavy atom. The van der Waals surface area contributed by atoms with Gasteiger partial charge in [0, 0.05) is 13.1 Å². The molecule has 0 aliphatic heterocycles. The molecular weight excluding hydrogens is 340 g/mol. The van der Waals surface area contributed by atoms with Gasteiger partial charge in [-0.15, -0.1) is 0 Å². The number of nitrogens with zero attached hydrogens (tertiary/aromatic N) is 2. The van der Waals surface area contributed by atoms with Crippen molar-refractivity contribution in [1.29, 1.82) is 0 Å². The number of hydrogen-bond acceptors (Lipinski definition) is 3. The fourth-order valence-corrected chi connectivity index (χ4v) is 2.82. The summed E-state index contributed by atoms with van der Waals surface area (Å²) in [7, 11) is 0. The number of alkyl halides is 2. The van der Waals surface area contributed by atoms with E-state index in [1.54, 1.807) is 12.1 Å². The first kappa shape index (κ1) is 17.8. The topological polar surface area (TPSA) is 56.2 Å². The highest BCUT2D eigenvalue weighted by molar-refractivity contribution is 5.78. The Kier molecular flexibility index (Phi) is 5.46. The van der Waals surface area contributed by atoms with Crippen molar-refractivity contribution in [3.8, 4) is 5.75 Å². The second-order valence-electron chi connectivity index (χ2n) is 5.85. The predicted octanol–water partition coefficient (Wildman–Crippen LogP) is 3.31. The maximum absolute atomic E-state index is 12.1. The smallest absolute Gasteiger partial charge is 0.387 e. The van der Waals surface area contributed by atoms with Crippen molar-refractivity contribution in [3.63, 3.8) is 0 Å². The average Bonchev–Trinajstić information content (AvgIpc) is 2.92. The number of carbonyl (C=O) groups excluding carboxylic acids is 1. The zero-order valence-electron chi connectivity index (χ0n) is 14.3. The molecule has 0 saturated carbocycles. The minimum Gasteiger partial charge on any atom is -0.435 e. The van der Waals surface area contributed by atoms with Crippen molar-refractivity contribution >= 4 is 16.9 Å². The van der Waals surface area contributed by atoms with Gasteiger partial charge in [-0.05, 0) is 36.8 Å². The van der Waals surface area contributed by atoms with Crippen molar-refractivity contribution in [1.82, 2.24) is 14.9 Å². The van der Waals surface area contributed by atoms with Gasteiger partial charge in [0.1, 0.15) is 11.6 Å². The van der Waals surface area contributed by atoms with Crippen LogP contribution in [-0.2, 0) is 17.8 Å². The van der Waals surface area contributed by atoms with E-state index in [1.807, 2.05) is 31.2 Å². The molecule has 1 aromatic heterocycles. The van der Waals surface area contributed by atoms with Crippen molar-refractivity contribution in [2.24, 2.45) is 0 Å². The molecule has 0 fully saturated rings. The number of carbonyl (C=O) groups is 1. The molecule has 136 valence electrons. The van der Waals surface area contributed by atoms with Gasteiger partial charge in [-0.3, -0.25) is 4.79 Å². The third kappa shape index (κ3) is 4.36. The van der Waals surface area contributed by atoms with Gasteiger partial charge in [-0.25, -0.2) is 4.98 Å². The summed E-state index contributed by atoms with van der Waals surface area (Å²) in [6, 6.07) is 13.9. The van der Waals surface area contributed by atoms with Gasteiger partial charge in [0.25, 0.3) is 0 Å². The molecule has 1 N–H and O–H groups in total. The Hall–Kier alpha value is -2.96. The number of aryl methyl sites for hydroxylation is 1. The lowest BCUT2D eigenvalue weighted by molar-refractivity contribution is -0.120. The Morgan fingerprint density at radius 3 is 2.65 bits per heavy atom. The Bertz CT molecular complexity index is 891. The number of benzene rings is 2. The third-order valence-electron chi connectivity index (χ3n) is 4.02. The fourth-order valence-electron chi connectivity index (χ4n) is 2.82. The number of aromatic nitrogens is 2. The number of imidazole rings is 1. The van der Waals surface area contributed by atoms with Crippen LogP contribution in [0.5, 0.6) is 5.75 Å². The highest BCUT2D eigenvalue weighted by Gasteiger charge is 2.08. The third-order valence-corrected chi connectivity index (χ3v) is 4.02. The largest absolute Gasteiger partial charge is 0.435 e. The lowest BCUT2D eigenvalue weighted by Crippen LogP contribution is -2.28. The molecule has 0 unspecified atom stereocenters. The number of amides is 1. The number of hydrogen-bond donors (Lipinski definition) is 1. The first-order valence-corrected chi connectivity index (χ1v) is 8.25. The van der Waals surface area contributed by atoms with Gasteiger partial charge < -0.3 is 14.6 Å². The molecule has 0 radical (unpaired) electrons. The van der Waals surface area contributed by atoms with Crippen LogP contribution >= 0.6 is 0 Å². The molecule has 0 spiro atoms. The Labute approximate surface area is 149 Å². The van der Waals surface area contributed by atoms with Crippen LogP contribution < -0.4 is 10.1 Å². The zero-order chi connectivity index (χ0) is 18.5. The molecule has 0 bridgehead atoms. The maximum Gasteiger partial charge on any atom is 0.387 e. The van der Waals surface area contributed by atoms with Crippen molar-refractivity contribution in [3.05, 3.63) is 59.9 Å². The summed E-state index contributed by atoms with van der Waals surface area (Å²) < 4.78 is 30.6. The van der Waals surface area contributed by atoms with E-state index in [4.69, 9.17) is 0 Å². The van der Waals surface area contributed by atoms with E-state index in [0.717, 1.165) is 22.4 Å². The lowest BCUT2D eigenvalue weighted by Gasteiger charge is -2.09. The van der Waals surface area contributed by atoms with E-state index in [9.17, 15) is 13.6 Å². The first-order valence-electron chi connectivity index (χ1n) is 8.25. The fraction of sp³-hybridized carbons (Fsp3) is 0.263. The lowest BCUT2D eigenvalue weighted by atomic mass is 10.1. The number of nitrogens with one attached hydrogen (secondary N) is 1. The molecule has 1 heterocycles. The van der Waals surface area contributed by atoms with Gasteiger partial charge in [-0.1, -0.05) is 24.3 Å². The molecule has 0 aliphatic carbocycles. The molecule has 7 heteroatoms. The normalized spacial score (nSPS) is 11.1. The summed E-state index contributed by atoms with van der Waals surface area (Å²) in [5.41, 5.74) is 2.70. The van der Waals surface area contributed by atoms with Crippen LogP contribution in [0.15, 0.2) is 48.5 Å². The van der Waals surface area contributed by atoms with Gasteiger partial charge in [0.2, 0.25) is 5.91 Å². The number of halogens is 2.